The molecule has 2 aliphatic rings. The third-order valence-corrected chi connectivity index (χ3v) is 7.49. The molecule has 2 amide bonds. The lowest BCUT2D eigenvalue weighted by Crippen LogP contribution is -2.69. The number of benzene rings is 1. The maximum absolute atomic E-state index is 13.8. The Kier molecular flexibility index (Phi) is 5.13. The van der Waals surface area contributed by atoms with Gasteiger partial charge in [-0.3, -0.25) is 19.6 Å². The van der Waals surface area contributed by atoms with E-state index >= 15 is 0 Å². The summed E-state index contributed by atoms with van der Waals surface area (Å²) in [5.41, 5.74) is 2.68. The molecule has 12 heteroatoms. The van der Waals surface area contributed by atoms with Crippen LogP contribution in [0.4, 0.5) is 4.39 Å². The van der Waals surface area contributed by atoms with Gasteiger partial charge in [0.25, 0.3) is 5.91 Å². The second-order valence-corrected chi connectivity index (χ2v) is 10.4. The highest BCUT2D eigenvalue weighted by Crippen LogP contribution is 2.34. The van der Waals surface area contributed by atoms with Gasteiger partial charge in [0.1, 0.15) is 17.3 Å². The van der Waals surface area contributed by atoms with Gasteiger partial charge < -0.3 is 4.90 Å². The summed E-state index contributed by atoms with van der Waals surface area (Å²) in [4.78, 5) is 34.4. The van der Waals surface area contributed by atoms with E-state index in [0.717, 1.165) is 11.2 Å². The molecular weight excluding hydrogens is 499 g/mol. The summed E-state index contributed by atoms with van der Waals surface area (Å²) in [7, 11) is 0. The van der Waals surface area contributed by atoms with Crippen LogP contribution >= 0.6 is 11.6 Å². The summed E-state index contributed by atoms with van der Waals surface area (Å²) in [5, 5.41) is 11.5. The Balaban J connectivity index is 1.49. The monoisotopic (exact) mass is 523 g/mol. The molecule has 0 aliphatic carbocycles. The van der Waals surface area contributed by atoms with Gasteiger partial charge >= 0.3 is 11.6 Å². The van der Waals surface area contributed by atoms with Crippen molar-refractivity contribution in [1.82, 2.24) is 34.6 Å². The minimum atomic E-state index is -0.827. The number of rotatable bonds is 3. The molecule has 10 nitrogen and oxygen atoms in total. The molecule has 2 aliphatic heterocycles. The first kappa shape index (κ1) is 23.5. The number of carbonyl (C=O) groups excluding carboxylic acids is 2. The SMILES string of the molecule is Cc1nc(C(=O)N2CCN3C(=O)c4cn5nc(-c6ccc(F)c(Cl)c6)cc(C(C)C)c5[n+]4C3(C)C2)n[nH]1. The van der Waals surface area contributed by atoms with E-state index in [-0.39, 0.29) is 35.1 Å². The number of H-pyrrole nitrogens is 1. The van der Waals surface area contributed by atoms with Gasteiger partial charge in [-0.25, -0.2) is 9.37 Å². The third kappa shape index (κ3) is 3.44. The number of nitrogens with zero attached hydrogens (tertiary/aromatic N) is 7. The standard InChI is InChI=1S/C25H24ClFN8O2/c1-13(2)16-10-19(15-5-6-18(27)17(26)9-15)31-34-11-20-23(36)33-8-7-32(12-25(33,4)35(20)22(16)34)24(37)21-28-14(3)29-30-21/h5-6,9-11,13H,7-8,12H2,1-4H3/p+1. The highest BCUT2D eigenvalue weighted by molar-refractivity contribution is 6.31. The van der Waals surface area contributed by atoms with Gasteiger partial charge in [-0.1, -0.05) is 35.1 Å². The number of fused-ring (bicyclic) bond motifs is 5. The number of carbonyl (C=O) groups is 2. The van der Waals surface area contributed by atoms with Gasteiger partial charge in [0.15, 0.2) is 6.20 Å². The zero-order valence-corrected chi connectivity index (χ0v) is 21.5. The maximum atomic E-state index is 13.8. The van der Waals surface area contributed by atoms with Crippen molar-refractivity contribution in [2.75, 3.05) is 19.6 Å². The van der Waals surface area contributed by atoms with E-state index in [1.54, 1.807) is 34.7 Å². The molecule has 0 saturated carbocycles. The van der Waals surface area contributed by atoms with Gasteiger partial charge in [0, 0.05) is 31.1 Å². The summed E-state index contributed by atoms with van der Waals surface area (Å²) in [6.45, 7) is 8.87. The van der Waals surface area contributed by atoms with Crippen molar-refractivity contribution in [2.24, 2.45) is 0 Å². The van der Waals surface area contributed by atoms with Crippen LogP contribution in [0.15, 0.2) is 30.5 Å². The van der Waals surface area contributed by atoms with Crippen molar-refractivity contribution in [3.63, 3.8) is 0 Å². The zero-order valence-electron chi connectivity index (χ0n) is 20.8. The van der Waals surface area contributed by atoms with Gasteiger partial charge in [0.05, 0.1) is 11.6 Å². The number of piperazine rings is 1. The van der Waals surface area contributed by atoms with Gasteiger partial charge in [-0.05, 0) is 37.1 Å². The lowest BCUT2D eigenvalue weighted by molar-refractivity contribution is -0.749. The van der Waals surface area contributed by atoms with Crippen molar-refractivity contribution in [1.29, 1.82) is 0 Å². The Morgan fingerprint density at radius 1 is 1.27 bits per heavy atom. The number of halogens is 2. The van der Waals surface area contributed by atoms with Crippen LogP contribution in [-0.2, 0) is 5.66 Å². The van der Waals surface area contributed by atoms with E-state index in [1.165, 1.54) is 6.07 Å². The van der Waals surface area contributed by atoms with Crippen molar-refractivity contribution in [3.8, 4) is 11.3 Å². The average Bonchev–Trinajstić information content (AvgIpc) is 3.52. The molecule has 3 aromatic heterocycles. The van der Waals surface area contributed by atoms with Crippen molar-refractivity contribution in [3.05, 3.63) is 64.2 Å². The first-order valence-corrected chi connectivity index (χ1v) is 12.4. The Bertz CT molecular complexity index is 1610. The molecule has 37 heavy (non-hydrogen) atoms. The third-order valence-electron chi connectivity index (χ3n) is 7.20. The van der Waals surface area contributed by atoms with Crippen molar-refractivity contribution >= 4 is 29.1 Å². The molecule has 4 aromatic rings. The van der Waals surface area contributed by atoms with Crippen LogP contribution < -0.4 is 4.57 Å². The second kappa shape index (κ2) is 8.07. The molecule has 1 fully saturated rings. The Morgan fingerprint density at radius 2 is 2.05 bits per heavy atom. The van der Waals surface area contributed by atoms with E-state index in [2.05, 4.69) is 29.0 Å². The molecule has 0 radical (unpaired) electrons. The summed E-state index contributed by atoms with van der Waals surface area (Å²) in [5.74, 6) is -0.149. The maximum Gasteiger partial charge on any atom is 0.313 e. The highest BCUT2D eigenvalue weighted by Gasteiger charge is 2.57. The molecule has 1 N–H and O–H groups in total. The number of hydrogen-bond donors (Lipinski definition) is 1. The molecule has 1 saturated heterocycles. The number of aryl methyl sites for hydroxylation is 1. The number of nitrogens with one attached hydrogen (secondary N) is 1. The summed E-state index contributed by atoms with van der Waals surface area (Å²) >= 11 is 6.04. The van der Waals surface area contributed by atoms with Crippen LogP contribution in [0.25, 0.3) is 16.9 Å². The first-order chi connectivity index (χ1) is 17.6. The lowest BCUT2D eigenvalue weighted by atomic mass is 10.0. The quantitative estimate of drug-likeness (QED) is 0.416. The van der Waals surface area contributed by atoms with Gasteiger partial charge in [-0.15, -0.1) is 5.10 Å². The number of aromatic amines is 1. The van der Waals surface area contributed by atoms with E-state index in [4.69, 9.17) is 16.7 Å². The van der Waals surface area contributed by atoms with Crippen LogP contribution in [0.1, 0.15) is 59.2 Å². The Labute approximate surface area is 216 Å². The van der Waals surface area contributed by atoms with Gasteiger partial charge in [0.2, 0.25) is 17.2 Å². The Hall–Kier alpha value is -3.86. The summed E-state index contributed by atoms with van der Waals surface area (Å²) < 4.78 is 17.5. The topological polar surface area (TPSA) is 103 Å². The van der Waals surface area contributed by atoms with Crippen molar-refractivity contribution in [2.45, 2.75) is 39.3 Å². The number of aromatic nitrogens is 6. The van der Waals surface area contributed by atoms with E-state index in [1.807, 2.05) is 22.5 Å². The fourth-order valence-electron chi connectivity index (χ4n) is 5.40. The summed E-state index contributed by atoms with van der Waals surface area (Å²) in [6.07, 6.45) is 1.73. The van der Waals surface area contributed by atoms with Crippen molar-refractivity contribution < 1.29 is 18.5 Å². The summed E-state index contributed by atoms with van der Waals surface area (Å²) in [6, 6.07) is 6.45. The number of imidazole rings is 1. The minimum Gasteiger partial charge on any atom is -0.328 e. The molecule has 0 bridgehead atoms. The zero-order chi connectivity index (χ0) is 26.2. The second-order valence-electron chi connectivity index (χ2n) is 10.0. The minimum absolute atomic E-state index is 0.0155. The van der Waals surface area contributed by atoms with Crippen LogP contribution in [-0.4, -0.2) is 66.0 Å². The molecule has 0 spiro atoms. The molecule has 5 heterocycles. The molecule has 6 rings (SSSR count). The fourth-order valence-corrected chi connectivity index (χ4v) is 5.58. The van der Waals surface area contributed by atoms with E-state index < -0.39 is 11.5 Å². The largest absolute Gasteiger partial charge is 0.328 e. The number of amides is 2. The van der Waals surface area contributed by atoms with E-state index in [9.17, 15) is 14.0 Å². The predicted octanol–water partition coefficient (Wildman–Crippen LogP) is 2.92. The Morgan fingerprint density at radius 3 is 2.73 bits per heavy atom. The normalized spacial score (nSPS) is 19.2. The van der Waals surface area contributed by atoms with Gasteiger partial charge in [-0.2, -0.15) is 4.57 Å². The lowest BCUT2D eigenvalue weighted by Gasteiger charge is -2.42. The van der Waals surface area contributed by atoms with Crippen LogP contribution in [0.5, 0.6) is 0 Å². The molecule has 1 atom stereocenters. The van der Waals surface area contributed by atoms with Crippen LogP contribution in [0.2, 0.25) is 5.02 Å². The smallest absolute Gasteiger partial charge is 0.313 e. The molecule has 1 unspecified atom stereocenters. The highest BCUT2D eigenvalue weighted by atomic mass is 35.5. The first-order valence-electron chi connectivity index (χ1n) is 12.0. The number of hydrogen-bond acceptors (Lipinski definition) is 5. The van der Waals surface area contributed by atoms with Crippen LogP contribution in [0.3, 0.4) is 0 Å². The molecule has 1 aromatic carbocycles. The molecular formula is C25H25ClFN8O2+. The van der Waals surface area contributed by atoms with E-state index in [0.29, 0.717) is 35.9 Å². The fraction of sp³-hybridized carbons (Fsp3) is 0.360. The average molecular weight is 524 g/mol. The van der Waals surface area contributed by atoms with Crippen LogP contribution in [0, 0.1) is 12.7 Å². The molecule has 190 valence electrons. The predicted molar refractivity (Wildman–Crippen MR) is 132 cm³/mol.